The van der Waals surface area contributed by atoms with Crippen molar-refractivity contribution in [2.45, 2.75) is 0 Å². The van der Waals surface area contributed by atoms with E-state index in [9.17, 15) is 4.79 Å². The van der Waals surface area contributed by atoms with Crippen molar-refractivity contribution < 1.29 is 4.79 Å². The molecule has 0 fully saturated rings. The van der Waals surface area contributed by atoms with Gasteiger partial charge in [0.15, 0.2) is 5.78 Å². The molecular formula is C19H15NOS. The summed E-state index contributed by atoms with van der Waals surface area (Å²) >= 11 is 4.05. The third-order valence-corrected chi connectivity index (χ3v) is 3.79. The minimum atomic E-state index is 0.0373. The Bertz CT molecular complexity index is 782. The molecule has 3 rings (SSSR count). The van der Waals surface area contributed by atoms with Crippen LogP contribution in [0.4, 0.5) is 0 Å². The number of aromatic nitrogens is 1. The summed E-state index contributed by atoms with van der Waals surface area (Å²) in [5.41, 5.74) is 4.83. The molecule has 0 radical (unpaired) electrons. The molecule has 1 aromatic heterocycles. The Balaban J connectivity index is 1.92. The van der Waals surface area contributed by atoms with E-state index in [-0.39, 0.29) is 11.5 Å². The summed E-state index contributed by atoms with van der Waals surface area (Å²) in [7, 11) is 0. The molecule has 0 saturated carbocycles. The van der Waals surface area contributed by atoms with Crippen molar-refractivity contribution in [2.24, 2.45) is 0 Å². The van der Waals surface area contributed by atoms with Gasteiger partial charge in [-0.3, -0.25) is 9.78 Å². The molecule has 0 N–H and O–H groups in total. The van der Waals surface area contributed by atoms with E-state index in [0.29, 0.717) is 5.56 Å². The van der Waals surface area contributed by atoms with Crippen LogP contribution in [-0.2, 0) is 0 Å². The first kappa shape index (κ1) is 14.5. The predicted octanol–water partition coefficient (Wildman–Crippen LogP) is 4.53. The quantitative estimate of drug-likeness (QED) is 0.567. The lowest BCUT2D eigenvalue weighted by atomic mass is 10.00. The van der Waals surface area contributed by atoms with Crippen molar-refractivity contribution in [1.82, 2.24) is 4.98 Å². The maximum Gasteiger partial charge on any atom is 0.172 e. The van der Waals surface area contributed by atoms with Gasteiger partial charge in [0.05, 0.1) is 11.4 Å². The number of pyridine rings is 1. The van der Waals surface area contributed by atoms with E-state index in [1.54, 1.807) is 6.20 Å². The van der Waals surface area contributed by atoms with Gasteiger partial charge >= 0.3 is 0 Å². The zero-order chi connectivity index (χ0) is 15.4. The molecule has 0 saturated heterocycles. The van der Waals surface area contributed by atoms with Crippen molar-refractivity contribution in [3.63, 3.8) is 0 Å². The number of carbonyl (C=O) groups is 1. The number of nitrogens with zero attached hydrogens (tertiary/aromatic N) is 1. The van der Waals surface area contributed by atoms with E-state index in [2.05, 4.69) is 17.6 Å². The van der Waals surface area contributed by atoms with Gasteiger partial charge in [-0.2, -0.15) is 12.6 Å². The van der Waals surface area contributed by atoms with Crippen LogP contribution < -0.4 is 0 Å². The van der Waals surface area contributed by atoms with Gasteiger partial charge in [0.2, 0.25) is 0 Å². The number of benzene rings is 2. The number of hydrogen-bond donors (Lipinski definition) is 1. The van der Waals surface area contributed by atoms with E-state index in [1.807, 2.05) is 66.7 Å². The van der Waals surface area contributed by atoms with Crippen LogP contribution in [0.15, 0.2) is 72.9 Å². The number of hydrogen-bond acceptors (Lipinski definition) is 3. The minimum absolute atomic E-state index is 0.0373. The van der Waals surface area contributed by atoms with Crippen LogP contribution in [0.5, 0.6) is 0 Å². The fourth-order valence-electron chi connectivity index (χ4n) is 2.33. The molecule has 0 aliphatic rings. The average Bonchev–Trinajstić information content (AvgIpc) is 2.62. The van der Waals surface area contributed by atoms with Crippen molar-refractivity contribution in [3.05, 3.63) is 78.5 Å². The summed E-state index contributed by atoms with van der Waals surface area (Å²) in [6.07, 6.45) is 1.79. The molecule has 0 spiro atoms. The first-order valence-electron chi connectivity index (χ1n) is 7.04. The molecule has 3 aromatic rings. The van der Waals surface area contributed by atoms with Crippen molar-refractivity contribution >= 4 is 18.4 Å². The summed E-state index contributed by atoms with van der Waals surface area (Å²) in [5.74, 6) is 0.262. The molecule has 0 amide bonds. The summed E-state index contributed by atoms with van der Waals surface area (Å²) in [6.45, 7) is 0. The van der Waals surface area contributed by atoms with Crippen LogP contribution in [0, 0.1) is 0 Å². The molecule has 3 heteroatoms. The number of thiol groups is 1. The van der Waals surface area contributed by atoms with Gasteiger partial charge in [0.25, 0.3) is 0 Å². The zero-order valence-electron chi connectivity index (χ0n) is 11.9. The van der Waals surface area contributed by atoms with Gasteiger partial charge in [-0.15, -0.1) is 0 Å². The highest BCUT2D eigenvalue weighted by Crippen LogP contribution is 2.24. The van der Waals surface area contributed by atoms with Crippen molar-refractivity contribution in [1.29, 1.82) is 0 Å². The zero-order valence-corrected chi connectivity index (χ0v) is 12.8. The average molecular weight is 305 g/mol. The predicted molar refractivity (Wildman–Crippen MR) is 93.3 cm³/mol. The lowest BCUT2D eigenvalue weighted by Crippen LogP contribution is -1.99. The van der Waals surface area contributed by atoms with E-state index < -0.39 is 0 Å². The lowest BCUT2D eigenvalue weighted by molar-refractivity contribution is 0.102. The Labute approximate surface area is 135 Å². The molecule has 22 heavy (non-hydrogen) atoms. The topological polar surface area (TPSA) is 30.0 Å². The van der Waals surface area contributed by atoms with Crippen LogP contribution in [0.2, 0.25) is 0 Å². The molecule has 0 aliphatic heterocycles. The second-order valence-corrected chi connectivity index (χ2v) is 5.27. The summed E-state index contributed by atoms with van der Waals surface area (Å²) in [6, 6.07) is 21.7. The van der Waals surface area contributed by atoms with Crippen molar-refractivity contribution in [3.8, 4) is 22.4 Å². The monoisotopic (exact) mass is 305 g/mol. The third-order valence-electron chi connectivity index (χ3n) is 3.51. The Morgan fingerprint density at radius 2 is 1.64 bits per heavy atom. The van der Waals surface area contributed by atoms with Crippen LogP contribution in [0.1, 0.15) is 10.4 Å². The maximum atomic E-state index is 11.8. The minimum Gasteiger partial charge on any atom is -0.293 e. The Kier molecular flexibility index (Phi) is 4.35. The Morgan fingerprint density at radius 3 is 2.32 bits per heavy atom. The summed E-state index contributed by atoms with van der Waals surface area (Å²) < 4.78 is 0. The first-order chi connectivity index (χ1) is 10.8. The number of ketones is 1. The molecule has 0 unspecified atom stereocenters. The summed E-state index contributed by atoms with van der Waals surface area (Å²) in [4.78, 5) is 16.1. The highest BCUT2D eigenvalue weighted by molar-refractivity contribution is 7.81. The molecule has 2 nitrogen and oxygen atoms in total. The first-order valence-corrected chi connectivity index (χ1v) is 7.67. The fourth-order valence-corrected chi connectivity index (χ4v) is 2.51. The van der Waals surface area contributed by atoms with Crippen LogP contribution >= 0.6 is 12.6 Å². The lowest BCUT2D eigenvalue weighted by Gasteiger charge is -2.06. The second-order valence-electron chi connectivity index (χ2n) is 4.95. The van der Waals surface area contributed by atoms with E-state index in [1.165, 1.54) is 0 Å². The maximum absolute atomic E-state index is 11.8. The third kappa shape index (κ3) is 3.10. The number of Topliss-reactive ketones (excluding diaryl/α,β-unsaturated/α-hetero) is 1. The normalized spacial score (nSPS) is 10.4. The molecule has 0 aliphatic carbocycles. The van der Waals surface area contributed by atoms with E-state index in [4.69, 9.17) is 0 Å². The van der Waals surface area contributed by atoms with Gasteiger partial charge in [-0.1, -0.05) is 48.5 Å². The molecule has 0 bridgehead atoms. The van der Waals surface area contributed by atoms with Gasteiger partial charge in [0, 0.05) is 17.3 Å². The molecule has 2 aromatic carbocycles. The molecular weight excluding hydrogens is 290 g/mol. The second kappa shape index (κ2) is 6.58. The summed E-state index contributed by atoms with van der Waals surface area (Å²) in [5, 5.41) is 0. The van der Waals surface area contributed by atoms with Crippen LogP contribution in [0.3, 0.4) is 0 Å². The van der Waals surface area contributed by atoms with Crippen LogP contribution in [0.25, 0.3) is 22.4 Å². The Morgan fingerprint density at radius 1 is 0.864 bits per heavy atom. The van der Waals surface area contributed by atoms with Gasteiger partial charge in [0.1, 0.15) is 0 Å². The highest BCUT2D eigenvalue weighted by Gasteiger charge is 2.06. The van der Waals surface area contributed by atoms with E-state index >= 15 is 0 Å². The molecule has 0 atom stereocenters. The van der Waals surface area contributed by atoms with Gasteiger partial charge < -0.3 is 0 Å². The smallest absolute Gasteiger partial charge is 0.172 e. The SMILES string of the molecule is O=C(CS)c1cccc(-c2ccc(-c3ccccn3)cc2)c1. The number of carbonyl (C=O) groups excluding carboxylic acids is 1. The van der Waals surface area contributed by atoms with E-state index in [0.717, 1.165) is 22.4 Å². The standard InChI is InChI=1S/C19H15NOS/c21-19(13-22)17-5-3-4-16(12-17)14-7-9-15(10-8-14)18-6-1-2-11-20-18/h1-12,22H,13H2. The Hall–Kier alpha value is -2.39. The van der Waals surface area contributed by atoms with Gasteiger partial charge in [-0.05, 0) is 29.3 Å². The van der Waals surface area contributed by atoms with Crippen LogP contribution in [-0.4, -0.2) is 16.5 Å². The largest absolute Gasteiger partial charge is 0.293 e. The van der Waals surface area contributed by atoms with Gasteiger partial charge in [-0.25, -0.2) is 0 Å². The molecule has 108 valence electrons. The van der Waals surface area contributed by atoms with Crippen molar-refractivity contribution in [2.75, 3.05) is 5.75 Å². The number of rotatable bonds is 4. The fraction of sp³-hybridized carbons (Fsp3) is 0.0526. The highest BCUT2D eigenvalue weighted by atomic mass is 32.1. The molecule has 1 heterocycles.